The minimum atomic E-state index is -0.440. The smallest absolute Gasteiger partial charge is 0.336 e. The molecule has 6 heteroatoms. The number of aromatic hydroxyl groups is 1. The number of hydrogen-bond acceptors (Lipinski definition) is 6. The van der Waals surface area contributed by atoms with Gasteiger partial charge in [-0.15, -0.1) is 11.3 Å². The van der Waals surface area contributed by atoms with Gasteiger partial charge in [0.25, 0.3) is 0 Å². The lowest BCUT2D eigenvalue weighted by Gasteiger charge is -2.18. The summed E-state index contributed by atoms with van der Waals surface area (Å²) < 4.78 is 5.55. The Morgan fingerprint density at radius 1 is 1.17 bits per heavy atom. The zero-order chi connectivity index (χ0) is 20.0. The molecule has 1 aliphatic heterocycles. The summed E-state index contributed by atoms with van der Waals surface area (Å²) in [4.78, 5) is 18.1. The number of hydrogen-bond donors (Lipinski definition) is 2. The SMILES string of the molecule is Cc1cc(=O)oc2c(C3=Nc4ccccc4NC(c4cccs4)C3)c(O)ccc12. The van der Waals surface area contributed by atoms with E-state index in [2.05, 4.69) is 11.4 Å². The number of para-hydroxylation sites is 2. The molecular weight excluding hydrogens is 384 g/mol. The van der Waals surface area contributed by atoms with Crippen molar-refractivity contribution in [1.29, 1.82) is 0 Å². The quantitative estimate of drug-likeness (QED) is 0.431. The molecular formula is C23H18N2O3S. The van der Waals surface area contributed by atoms with Crippen LogP contribution < -0.4 is 10.9 Å². The van der Waals surface area contributed by atoms with E-state index in [-0.39, 0.29) is 11.8 Å². The molecule has 5 rings (SSSR count). The molecule has 2 N–H and O–H groups in total. The number of anilines is 1. The molecule has 1 aliphatic rings. The highest BCUT2D eigenvalue weighted by atomic mass is 32.1. The summed E-state index contributed by atoms with van der Waals surface area (Å²) in [5.41, 5.74) is 3.61. The summed E-state index contributed by atoms with van der Waals surface area (Å²) in [7, 11) is 0. The van der Waals surface area contributed by atoms with Crippen LogP contribution in [0.3, 0.4) is 0 Å². The lowest BCUT2D eigenvalue weighted by atomic mass is 9.97. The highest BCUT2D eigenvalue weighted by molar-refractivity contribution is 7.10. The molecule has 0 saturated carbocycles. The van der Waals surface area contributed by atoms with Gasteiger partial charge in [-0.1, -0.05) is 18.2 Å². The van der Waals surface area contributed by atoms with E-state index < -0.39 is 5.63 Å². The van der Waals surface area contributed by atoms with E-state index in [1.165, 1.54) is 10.9 Å². The molecule has 4 aromatic rings. The van der Waals surface area contributed by atoms with Gasteiger partial charge in [0.05, 0.1) is 28.7 Å². The minimum absolute atomic E-state index is 0.0106. The molecule has 0 saturated heterocycles. The number of nitrogens with one attached hydrogen (secondary N) is 1. The van der Waals surface area contributed by atoms with Gasteiger partial charge in [0, 0.05) is 22.8 Å². The number of rotatable bonds is 2. The summed E-state index contributed by atoms with van der Waals surface area (Å²) in [6.07, 6.45) is 0.541. The zero-order valence-electron chi connectivity index (χ0n) is 15.7. The first-order chi connectivity index (χ1) is 14.1. The van der Waals surface area contributed by atoms with Gasteiger partial charge >= 0.3 is 5.63 Å². The number of phenols is 1. The van der Waals surface area contributed by atoms with Gasteiger partial charge in [-0.3, -0.25) is 4.99 Å². The normalized spacial score (nSPS) is 16.0. The van der Waals surface area contributed by atoms with Crippen LogP contribution in [0.15, 0.2) is 74.2 Å². The average Bonchev–Trinajstić information content (AvgIpc) is 3.16. The molecule has 2 aromatic heterocycles. The van der Waals surface area contributed by atoms with Crippen LogP contribution >= 0.6 is 11.3 Å². The summed E-state index contributed by atoms with van der Waals surface area (Å²) in [6, 6.07) is 16.8. The maximum absolute atomic E-state index is 12.1. The number of phenolic OH excluding ortho intramolecular Hbond substituents is 1. The monoisotopic (exact) mass is 402 g/mol. The third-order valence-electron chi connectivity index (χ3n) is 5.16. The van der Waals surface area contributed by atoms with Crippen molar-refractivity contribution >= 4 is 39.4 Å². The van der Waals surface area contributed by atoms with Crippen molar-refractivity contribution in [1.82, 2.24) is 0 Å². The molecule has 2 aromatic carbocycles. The molecule has 29 heavy (non-hydrogen) atoms. The first-order valence-electron chi connectivity index (χ1n) is 9.33. The van der Waals surface area contributed by atoms with Crippen LogP contribution in [0.25, 0.3) is 11.0 Å². The standard InChI is InChI=1S/C23H18N2O3S/c1-13-11-21(27)28-23-14(13)8-9-19(26)22(23)18-12-17(20-7-4-10-29-20)24-15-5-2-3-6-16(15)25-18/h2-11,17,24,26H,12H2,1H3. The first kappa shape index (κ1) is 17.7. The molecule has 1 atom stereocenters. The van der Waals surface area contributed by atoms with E-state index in [0.717, 1.165) is 22.3 Å². The predicted molar refractivity (Wildman–Crippen MR) is 117 cm³/mol. The van der Waals surface area contributed by atoms with E-state index >= 15 is 0 Å². The number of aryl methyl sites for hydroxylation is 1. The Bertz CT molecular complexity index is 1310. The van der Waals surface area contributed by atoms with Crippen molar-refractivity contribution in [2.45, 2.75) is 19.4 Å². The van der Waals surface area contributed by atoms with Crippen molar-refractivity contribution in [3.63, 3.8) is 0 Å². The fourth-order valence-corrected chi connectivity index (χ4v) is 4.57. The van der Waals surface area contributed by atoms with Crippen LogP contribution in [0.5, 0.6) is 5.75 Å². The second-order valence-corrected chi connectivity index (χ2v) is 8.06. The Kier molecular flexibility index (Phi) is 4.21. The van der Waals surface area contributed by atoms with Gasteiger partial charge in [-0.05, 0) is 48.2 Å². The van der Waals surface area contributed by atoms with Gasteiger partial charge in [0.15, 0.2) is 5.58 Å². The van der Waals surface area contributed by atoms with E-state index in [1.807, 2.05) is 42.6 Å². The maximum atomic E-state index is 12.1. The lowest BCUT2D eigenvalue weighted by Crippen LogP contribution is -2.14. The van der Waals surface area contributed by atoms with E-state index in [0.29, 0.717) is 23.3 Å². The largest absolute Gasteiger partial charge is 0.507 e. The van der Waals surface area contributed by atoms with Gasteiger partial charge in [-0.25, -0.2) is 4.79 Å². The summed E-state index contributed by atoms with van der Waals surface area (Å²) in [5.74, 6) is 0.0503. The maximum Gasteiger partial charge on any atom is 0.336 e. The molecule has 0 bridgehead atoms. The third kappa shape index (κ3) is 3.11. The average molecular weight is 402 g/mol. The van der Waals surface area contributed by atoms with Crippen LogP contribution in [0.2, 0.25) is 0 Å². The van der Waals surface area contributed by atoms with Gasteiger partial charge < -0.3 is 14.8 Å². The van der Waals surface area contributed by atoms with Crippen molar-refractivity contribution in [2.75, 3.05) is 5.32 Å². The van der Waals surface area contributed by atoms with Crippen LogP contribution in [0, 0.1) is 6.92 Å². The van der Waals surface area contributed by atoms with Crippen molar-refractivity contribution in [3.8, 4) is 5.75 Å². The highest BCUT2D eigenvalue weighted by Gasteiger charge is 2.25. The van der Waals surface area contributed by atoms with E-state index in [1.54, 1.807) is 23.5 Å². The Morgan fingerprint density at radius 3 is 2.86 bits per heavy atom. The van der Waals surface area contributed by atoms with Gasteiger partial charge in [0.1, 0.15) is 5.75 Å². The highest BCUT2D eigenvalue weighted by Crippen LogP contribution is 2.39. The second kappa shape index (κ2) is 6.90. The number of thiophene rings is 1. The summed E-state index contributed by atoms with van der Waals surface area (Å²) in [5, 5.41) is 17.1. The Hall–Kier alpha value is -3.38. The van der Waals surface area contributed by atoms with E-state index in [4.69, 9.17) is 9.41 Å². The molecule has 0 aliphatic carbocycles. The first-order valence-corrected chi connectivity index (χ1v) is 10.2. The molecule has 5 nitrogen and oxygen atoms in total. The molecule has 0 fully saturated rings. The topological polar surface area (TPSA) is 74.8 Å². The number of aliphatic imine (C=N–C) groups is 1. The Morgan fingerprint density at radius 2 is 2.03 bits per heavy atom. The molecule has 144 valence electrons. The van der Waals surface area contributed by atoms with Crippen LogP contribution in [0.1, 0.15) is 28.5 Å². The van der Waals surface area contributed by atoms with Crippen molar-refractivity contribution in [2.24, 2.45) is 4.99 Å². The van der Waals surface area contributed by atoms with Crippen LogP contribution in [-0.2, 0) is 0 Å². The van der Waals surface area contributed by atoms with Crippen LogP contribution in [0.4, 0.5) is 11.4 Å². The lowest BCUT2D eigenvalue weighted by molar-refractivity contribution is 0.471. The summed E-state index contributed by atoms with van der Waals surface area (Å²) in [6.45, 7) is 1.86. The fourth-order valence-electron chi connectivity index (χ4n) is 3.79. The van der Waals surface area contributed by atoms with Crippen LogP contribution in [-0.4, -0.2) is 10.8 Å². The van der Waals surface area contributed by atoms with Crippen molar-refractivity contribution < 1.29 is 9.52 Å². The Balaban J connectivity index is 1.77. The Labute approximate surface area is 171 Å². The third-order valence-corrected chi connectivity index (χ3v) is 6.15. The number of nitrogens with zero attached hydrogens (tertiary/aromatic N) is 1. The van der Waals surface area contributed by atoms with E-state index in [9.17, 15) is 9.90 Å². The minimum Gasteiger partial charge on any atom is -0.507 e. The second-order valence-electron chi connectivity index (χ2n) is 7.08. The fraction of sp³-hybridized carbons (Fsp3) is 0.130. The molecule has 3 heterocycles. The predicted octanol–water partition coefficient (Wildman–Crippen LogP) is 5.55. The van der Waals surface area contributed by atoms with Crippen molar-refractivity contribution in [3.05, 3.63) is 86.4 Å². The molecule has 0 spiro atoms. The molecule has 0 amide bonds. The number of benzene rings is 2. The molecule has 0 radical (unpaired) electrons. The summed E-state index contributed by atoms with van der Waals surface area (Å²) >= 11 is 1.67. The van der Waals surface area contributed by atoms with Gasteiger partial charge in [0.2, 0.25) is 0 Å². The zero-order valence-corrected chi connectivity index (χ0v) is 16.5. The van der Waals surface area contributed by atoms with Gasteiger partial charge in [-0.2, -0.15) is 0 Å². The number of fused-ring (bicyclic) bond motifs is 2. The molecule has 1 unspecified atom stereocenters.